The molecule has 4 heteroatoms. The Kier molecular flexibility index (Phi) is 2.85. The fraction of sp³-hybridized carbons (Fsp3) is 0.500. The van der Waals surface area contributed by atoms with Crippen LogP contribution >= 0.6 is 9.24 Å². The van der Waals surface area contributed by atoms with Crippen LogP contribution in [0.1, 0.15) is 13.8 Å². The van der Waals surface area contributed by atoms with Gasteiger partial charge in [0.2, 0.25) is 0 Å². The summed E-state index contributed by atoms with van der Waals surface area (Å²) >= 11 is 0. The number of Topliss-reactive ketones (excluding diaryl/α,β-unsaturated/α-hetero) is 2. The van der Waals surface area contributed by atoms with Crippen LogP contribution in [0.5, 0.6) is 0 Å². The van der Waals surface area contributed by atoms with Gasteiger partial charge in [0.1, 0.15) is 6.29 Å². The first kappa shape index (κ1) is 9.44. The zero-order valence-corrected chi connectivity index (χ0v) is 7.03. The molecule has 0 heterocycles. The molecule has 0 spiro atoms. The third-order valence-electron chi connectivity index (χ3n) is 1.35. The second-order valence-corrected chi connectivity index (χ2v) is 3.01. The minimum atomic E-state index is -1.50. The fourth-order valence-electron chi connectivity index (χ4n) is 0.414. The molecule has 0 radical (unpaired) electrons. The van der Waals surface area contributed by atoms with E-state index in [9.17, 15) is 14.4 Å². The van der Waals surface area contributed by atoms with Crippen molar-refractivity contribution in [3.8, 4) is 0 Å². The van der Waals surface area contributed by atoms with Crippen molar-refractivity contribution in [2.24, 2.45) is 0 Å². The van der Waals surface area contributed by atoms with E-state index in [4.69, 9.17) is 0 Å². The van der Waals surface area contributed by atoms with Crippen molar-refractivity contribution in [1.82, 2.24) is 0 Å². The number of hydrogen-bond donors (Lipinski definition) is 0. The molecule has 1 unspecified atom stereocenters. The summed E-state index contributed by atoms with van der Waals surface area (Å²) in [7, 11) is 1.96. The Morgan fingerprint density at radius 1 is 1.30 bits per heavy atom. The highest BCUT2D eigenvalue weighted by molar-refractivity contribution is 7.25. The summed E-state index contributed by atoms with van der Waals surface area (Å²) in [6.07, 6.45) is 0.350. The molecule has 1 atom stereocenters. The van der Waals surface area contributed by atoms with Gasteiger partial charge >= 0.3 is 0 Å². The first-order valence-electron chi connectivity index (χ1n) is 2.72. The lowest BCUT2D eigenvalue weighted by atomic mass is 10.0. The predicted octanol–water partition coefficient (Wildman–Crippen LogP) is -0.0228. The lowest BCUT2D eigenvalue weighted by Crippen LogP contribution is -2.39. The molecular weight excluding hydrogens is 151 g/mol. The van der Waals surface area contributed by atoms with Crippen molar-refractivity contribution < 1.29 is 14.4 Å². The quantitative estimate of drug-likeness (QED) is 0.331. The van der Waals surface area contributed by atoms with Gasteiger partial charge in [0, 0.05) is 0 Å². The number of rotatable bonds is 3. The Morgan fingerprint density at radius 3 is 1.60 bits per heavy atom. The van der Waals surface area contributed by atoms with Gasteiger partial charge in [-0.05, 0) is 13.8 Å². The van der Waals surface area contributed by atoms with Gasteiger partial charge in [0.15, 0.2) is 16.7 Å². The van der Waals surface area contributed by atoms with Gasteiger partial charge in [0.05, 0.1) is 0 Å². The monoisotopic (exact) mass is 160 g/mol. The van der Waals surface area contributed by atoms with Crippen LogP contribution in [0.4, 0.5) is 0 Å². The maximum atomic E-state index is 10.7. The average Bonchev–Trinajstić information content (AvgIpc) is 1.85. The fourth-order valence-corrected chi connectivity index (χ4v) is 0.414. The summed E-state index contributed by atoms with van der Waals surface area (Å²) in [5.41, 5.74) is 0. The van der Waals surface area contributed by atoms with Gasteiger partial charge < -0.3 is 4.79 Å². The number of hydrogen-bond acceptors (Lipinski definition) is 3. The summed E-state index contributed by atoms with van der Waals surface area (Å²) in [4.78, 5) is 31.6. The van der Waals surface area contributed by atoms with Crippen molar-refractivity contribution in [2.45, 2.75) is 19.0 Å². The van der Waals surface area contributed by atoms with Gasteiger partial charge in [-0.25, -0.2) is 0 Å². The third kappa shape index (κ3) is 1.48. The van der Waals surface area contributed by atoms with E-state index < -0.39 is 16.7 Å². The largest absolute Gasteiger partial charge is 0.301 e. The standard InChI is InChI=1S/C6H9O3P/c1-4(8)6(10,3-7)5(2)9/h3H,10H2,1-2H3. The van der Waals surface area contributed by atoms with Crippen LogP contribution in [0.25, 0.3) is 0 Å². The molecule has 0 N–H and O–H groups in total. The van der Waals surface area contributed by atoms with Crippen LogP contribution < -0.4 is 0 Å². The smallest absolute Gasteiger partial charge is 0.155 e. The second kappa shape index (κ2) is 3.02. The summed E-state index contributed by atoms with van der Waals surface area (Å²) in [6.45, 7) is 2.42. The molecule has 0 aliphatic carbocycles. The molecular formula is C6H9O3P. The summed E-state index contributed by atoms with van der Waals surface area (Å²) in [6, 6.07) is 0. The van der Waals surface area contributed by atoms with E-state index in [1.807, 2.05) is 9.24 Å². The lowest BCUT2D eigenvalue weighted by molar-refractivity contribution is -0.131. The zero-order chi connectivity index (χ0) is 8.36. The number of aldehydes is 1. The van der Waals surface area contributed by atoms with E-state index in [2.05, 4.69) is 0 Å². The van der Waals surface area contributed by atoms with Gasteiger partial charge in [-0.3, -0.25) is 9.59 Å². The zero-order valence-electron chi connectivity index (χ0n) is 5.88. The van der Waals surface area contributed by atoms with Crippen molar-refractivity contribution in [1.29, 1.82) is 0 Å². The molecule has 0 aromatic rings. The maximum Gasteiger partial charge on any atom is 0.155 e. The van der Waals surface area contributed by atoms with Crippen molar-refractivity contribution in [3.63, 3.8) is 0 Å². The van der Waals surface area contributed by atoms with Crippen LogP contribution in [0.15, 0.2) is 0 Å². The molecule has 0 aliphatic rings. The Balaban J connectivity index is 4.72. The first-order chi connectivity index (χ1) is 4.45. The van der Waals surface area contributed by atoms with Gasteiger partial charge in [-0.1, -0.05) is 0 Å². The molecule has 0 saturated carbocycles. The molecule has 0 aromatic carbocycles. The van der Waals surface area contributed by atoms with Crippen molar-refractivity contribution >= 4 is 27.1 Å². The number of carbonyl (C=O) groups is 3. The molecule has 10 heavy (non-hydrogen) atoms. The SMILES string of the molecule is CC(=O)C(P)(C=O)C(C)=O. The van der Waals surface area contributed by atoms with Crippen LogP contribution in [0, 0.1) is 0 Å². The van der Waals surface area contributed by atoms with Gasteiger partial charge in [0.25, 0.3) is 0 Å². The minimum absolute atomic E-state index is 0.350. The van der Waals surface area contributed by atoms with Crippen LogP contribution in [0.2, 0.25) is 0 Å². The topological polar surface area (TPSA) is 51.2 Å². The highest BCUT2D eigenvalue weighted by Crippen LogP contribution is 2.17. The minimum Gasteiger partial charge on any atom is -0.301 e. The van der Waals surface area contributed by atoms with E-state index in [1.54, 1.807) is 0 Å². The molecule has 0 fully saturated rings. The summed E-state index contributed by atoms with van der Waals surface area (Å²) < 4.78 is 0. The molecule has 0 rings (SSSR count). The van der Waals surface area contributed by atoms with E-state index >= 15 is 0 Å². The highest BCUT2D eigenvalue weighted by Gasteiger charge is 2.34. The Bertz CT molecular complexity index is 171. The van der Waals surface area contributed by atoms with Crippen molar-refractivity contribution in [3.05, 3.63) is 0 Å². The van der Waals surface area contributed by atoms with Crippen molar-refractivity contribution in [2.75, 3.05) is 0 Å². The van der Waals surface area contributed by atoms with Crippen LogP contribution in [-0.4, -0.2) is 23.0 Å². The average molecular weight is 160 g/mol. The lowest BCUT2D eigenvalue weighted by Gasteiger charge is -2.13. The van der Waals surface area contributed by atoms with E-state index in [-0.39, 0.29) is 0 Å². The van der Waals surface area contributed by atoms with Crippen LogP contribution in [-0.2, 0) is 14.4 Å². The van der Waals surface area contributed by atoms with E-state index in [1.165, 1.54) is 13.8 Å². The maximum absolute atomic E-state index is 10.7. The normalized spacial score (nSPS) is 10.7. The second-order valence-electron chi connectivity index (χ2n) is 2.10. The summed E-state index contributed by atoms with van der Waals surface area (Å²) in [5.74, 6) is -0.889. The Morgan fingerprint density at radius 2 is 1.60 bits per heavy atom. The summed E-state index contributed by atoms with van der Waals surface area (Å²) in [5, 5.41) is -1.50. The number of ketones is 2. The molecule has 0 bridgehead atoms. The molecule has 3 nitrogen and oxygen atoms in total. The van der Waals surface area contributed by atoms with Gasteiger partial charge in [-0.15, -0.1) is 9.24 Å². The molecule has 0 saturated heterocycles. The number of carbonyl (C=O) groups excluding carboxylic acids is 3. The Hall–Kier alpha value is -0.560. The highest BCUT2D eigenvalue weighted by atomic mass is 31.0. The van der Waals surface area contributed by atoms with E-state index in [0.717, 1.165) is 0 Å². The molecule has 0 amide bonds. The van der Waals surface area contributed by atoms with Gasteiger partial charge in [-0.2, -0.15) is 0 Å². The third-order valence-corrected chi connectivity index (χ3v) is 2.30. The van der Waals surface area contributed by atoms with Crippen LogP contribution in [0.3, 0.4) is 0 Å². The first-order valence-corrected chi connectivity index (χ1v) is 3.30. The molecule has 0 aliphatic heterocycles. The molecule has 56 valence electrons. The Labute approximate surface area is 61.4 Å². The predicted molar refractivity (Wildman–Crippen MR) is 39.9 cm³/mol. The van der Waals surface area contributed by atoms with E-state index in [0.29, 0.717) is 6.29 Å². The molecule has 0 aromatic heterocycles.